The molecule has 0 bridgehead atoms. The van der Waals surface area contributed by atoms with Crippen LogP contribution in [0.3, 0.4) is 0 Å². The molecule has 5 nitrogen and oxygen atoms in total. The van der Waals surface area contributed by atoms with Gasteiger partial charge in [0, 0.05) is 24.7 Å². The van der Waals surface area contributed by atoms with Crippen LogP contribution in [0.1, 0.15) is 29.8 Å². The lowest BCUT2D eigenvalue weighted by Crippen LogP contribution is -2.41. The number of amides is 1. The molecule has 0 spiro atoms. The first-order chi connectivity index (χ1) is 9.95. The van der Waals surface area contributed by atoms with Gasteiger partial charge in [0.05, 0.1) is 13.0 Å². The van der Waals surface area contributed by atoms with Gasteiger partial charge in [-0.25, -0.2) is 0 Å². The van der Waals surface area contributed by atoms with E-state index in [4.69, 9.17) is 4.74 Å². The van der Waals surface area contributed by atoms with Crippen LogP contribution in [-0.4, -0.2) is 38.1 Å². The fraction of sp³-hybridized carbons (Fsp3) is 0.500. The van der Waals surface area contributed by atoms with Crippen molar-refractivity contribution in [2.24, 2.45) is 5.92 Å². The Hall–Kier alpha value is -1.88. The minimum absolute atomic E-state index is 0.00581. The number of hydrogen-bond donors (Lipinski definition) is 2. The summed E-state index contributed by atoms with van der Waals surface area (Å²) in [5.74, 6) is -0.549. The van der Waals surface area contributed by atoms with Crippen LogP contribution in [-0.2, 0) is 9.53 Å². The van der Waals surface area contributed by atoms with Gasteiger partial charge in [0.1, 0.15) is 0 Å². The summed E-state index contributed by atoms with van der Waals surface area (Å²) in [5, 5.41) is 6.04. The number of carbonyl (C=O) groups is 2. The number of nitrogens with one attached hydrogen (secondary N) is 2. The third-order valence-electron chi connectivity index (χ3n) is 3.51. The average Bonchev–Trinajstić information content (AvgIpc) is 2.50. The van der Waals surface area contributed by atoms with Gasteiger partial charge in [-0.15, -0.1) is 0 Å². The zero-order valence-electron chi connectivity index (χ0n) is 13.1. The fourth-order valence-corrected chi connectivity index (χ4v) is 1.85. The van der Waals surface area contributed by atoms with Gasteiger partial charge in [0.2, 0.25) is 0 Å². The Morgan fingerprint density at radius 3 is 2.33 bits per heavy atom. The van der Waals surface area contributed by atoms with E-state index in [0.29, 0.717) is 18.7 Å². The van der Waals surface area contributed by atoms with Crippen molar-refractivity contribution in [3.8, 4) is 0 Å². The molecule has 1 aromatic carbocycles. The third-order valence-corrected chi connectivity index (χ3v) is 3.51. The number of carbonyl (C=O) groups excluding carboxylic acids is 2. The molecule has 5 heteroatoms. The number of hydrogen-bond acceptors (Lipinski definition) is 4. The zero-order chi connectivity index (χ0) is 15.8. The van der Waals surface area contributed by atoms with E-state index in [9.17, 15) is 9.59 Å². The standard InChI is InChI=1S/C16H24N2O3/c1-11-5-7-14(8-6-11)15(19)18-10-9-17-13(3)12(2)16(20)21-4/h5-8,12-13,17H,9-10H2,1-4H3,(H,18,19). The lowest BCUT2D eigenvalue weighted by Gasteiger charge is -2.19. The molecule has 21 heavy (non-hydrogen) atoms. The van der Waals surface area contributed by atoms with E-state index < -0.39 is 0 Å². The Morgan fingerprint density at radius 1 is 1.14 bits per heavy atom. The molecule has 0 aliphatic rings. The molecule has 2 N–H and O–H groups in total. The van der Waals surface area contributed by atoms with Crippen LogP contribution in [0.25, 0.3) is 0 Å². The minimum Gasteiger partial charge on any atom is -0.469 e. The van der Waals surface area contributed by atoms with Gasteiger partial charge in [0.25, 0.3) is 5.91 Å². The summed E-state index contributed by atoms with van der Waals surface area (Å²) in [6.07, 6.45) is 0. The summed E-state index contributed by atoms with van der Waals surface area (Å²) < 4.78 is 4.70. The van der Waals surface area contributed by atoms with Crippen molar-refractivity contribution < 1.29 is 14.3 Å². The number of benzene rings is 1. The number of ether oxygens (including phenoxy) is 1. The highest BCUT2D eigenvalue weighted by atomic mass is 16.5. The first-order valence-corrected chi connectivity index (χ1v) is 7.11. The molecular weight excluding hydrogens is 268 g/mol. The molecule has 0 fully saturated rings. The van der Waals surface area contributed by atoms with Crippen molar-refractivity contribution >= 4 is 11.9 Å². The van der Waals surface area contributed by atoms with Gasteiger partial charge in [-0.3, -0.25) is 9.59 Å². The maximum Gasteiger partial charge on any atom is 0.309 e. The van der Waals surface area contributed by atoms with Crippen molar-refractivity contribution in [1.29, 1.82) is 0 Å². The first-order valence-electron chi connectivity index (χ1n) is 7.11. The van der Waals surface area contributed by atoms with E-state index in [1.165, 1.54) is 7.11 Å². The largest absolute Gasteiger partial charge is 0.469 e. The summed E-state index contributed by atoms with van der Waals surface area (Å²) in [5.41, 5.74) is 1.77. The van der Waals surface area contributed by atoms with Gasteiger partial charge in [0.15, 0.2) is 0 Å². The Morgan fingerprint density at radius 2 is 1.76 bits per heavy atom. The maximum atomic E-state index is 11.9. The number of methoxy groups -OCH3 is 1. The van der Waals surface area contributed by atoms with Crippen LogP contribution < -0.4 is 10.6 Å². The van der Waals surface area contributed by atoms with E-state index in [0.717, 1.165) is 5.56 Å². The highest BCUT2D eigenvalue weighted by Crippen LogP contribution is 2.04. The van der Waals surface area contributed by atoms with E-state index in [-0.39, 0.29) is 23.8 Å². The first kappa shape index (κ1) is 17.2. The smallest absolute Gasteiger partial charge is 0.309 e. The van der Waals surface area contributed by atoms with E-state index in [1.54, 1.807) is 12.1 Å². The van der Waals surface area contributed by atoms with Gasteiger partial charge < -0.3 is 15.4 Å². The summed E-state index contributed by atoms with van der Waals surface area (Å²) in [7, 11) is 1.38. The number of rotatable bonds is 7. The molecule has 2 atom stereocenters. The Bertz CT molecular complexity index is 471. The van der Waals surface area contributed by atoms with Crippen LogP contribution in [0.5, 0.6) is 0 Å². The molecular formula is C16H24N2O3. The van der Waals surface area contributed by atoms with E-state index >= 15 is 0 Å². The molecule has 2 unspecified atom stereocenters. The van der Waals surface area contributed by atoms with Crippen LogP contribution in [0, 0.1) is 12.8 Å². The second-order valence-electron chi connectivity index (χ2n) is 5.18. The predicted octanol–water partition coefficient (Wildman–Crippen LogP) is 1.51. The molecule has 1 aromatic rings. The summed E-state index contributed by atoms with van der Waals surface area (Å²) in [6, 6.07) is 7.43. The molecule has 0 aliphatic carbocycles. The maximum absolute atomic E-state index is 11.9. The lowest BCUT2D eigenvalue weighted by molar-refractivity contribution is -0.145. The number of aryl methyl sites for hydroxylation is 1. The summed E-state index contributed by atoms with van der Waals surface area (Å²) >= 11 is 0. The Balaban J connectivity index is 2.29. The van der Waals surface area contributed by atoms with Crippen LogP contribution in [0.4, 0.5) is 0 Å². The molecule has 0 aliphatic heterocycles. The van der Waals surface area contributed by atoms with E-state index in [1.807, 2.05) is 32.9 Å². The van der Waals surface area contributed by atoms with Crippen LogP contribution in [0.15, 0.2) is 24.3 Å². The monoisotopic (exact) mass is 292 g/mol. The fourth-order valence-electron chi connectivity index (χ4n) is 1.85. The highest BCUT2D eigenvalue weighted by Gasteiger charge is 2.19. The molecule has 0 saturated carbocycles. The Labute approximate surface area is 126 Å². The van der Waals surface area contributed by atoms with Crippen molar-refractivity contribution in [3.63, 3.8) is 0 Å². The van der Waals surface area contributed by atoms with Crippen molar-refractivity contribution in [2.75, 3.05) is 20.2 Å². The van der Waals surface area contributed by atoms with E-state index in [2.05, 4.69) is 10.6 Å². The van der Waals surface area contributed by atoms with Crippen LogP contribution >= 0.6 is 0 Å². The topological polar surface area (TPSA) is 67.4 Å². The summed E-state index contributed by atoms with van der Waals surface area (Å²) in [6.45, 7) is 6.82. The van der Waals surface area contributed by atoms with Gasteiger partial charge in [-0.2, -0.15) is 0 Å². The second-order valence-corrected chi connectivity index (χ2v) is 5.18. The molecule has 0 heterocycles. The van der Waals surface area contributed by atoms with Gasteiger partial charge in [-0.1, -0.05) is 24.6 Å². The van der Waals surface area contributed by atoms with Gasteiger partial charge >= 0.3 is 5.97 Å². The molecule has 116 valence electrons. The summed E-state index contributed by atoms with van der Waals surface area (Å²) in [4.78, 5) is 23.3. The second kappa shape index (κ2) is 8.42. The molecule has 0 aromatic heterocycles. The number of esters is 1. The molecule has 1 amide bonds. The minimum atomic E-state index is -0.237. The lowest BCUT2D eigenvalue weighted by atomic mass is 10.0. The zero-order valence-corrected chi connectivity index (χ0v) is 13.1. The third kappa shape index (κ3) is 5.55. The quantitative estimate of drug-likeness (QED) is 0.590. The van der Waals surface area contributed by atoms with Gasteiger partial charge in [-0.05, 0) is 26.0 Å². The highest BCUT2D eigenvalue weighted by molar-refractivity contribution is 5.94. The Kier molecular flexibility index (Phi) is 6.88. The average molecular weight is 292 g/mol. The van der Waals surface area contributed by atoms with Crippen molar-refractivity contribution in [2.45, 2.75) is 26.8 Å². The molecule has 0 radical (unpaired) electrons. The normalized spacial score (nSPS) is 13.3. The SMILES string of the molecule is COC(=O)C(C)C(C)NCCNC(=O)c1ccc(C)cc1. The molecule has 1 rings (SSSR count). The van der Waals surface area contributed by atoms with Crippen LogP contribution in [0.2, 0.25) is 0 Å². The molecule has 0 saturated heterocycles. The van der Waals surface area contributed by atoms with Crippen molar-refractivity contribution in [3.05, 3.63) is 35.4 Å². The predicted molar refractivity (Wildman–Crippen MR) is 82.2 cm³/mol. The van der Waals surface area contributed by atoms with Crippen molar-refractivity contribution in [1.82, 2.24) is 10.6 Å².